The Morgan fingerprint density at radius 1 is 1.11 bits per heavy atom. The average Bonchev–Trinajstić information content (AvgIpc) is 2.28. The summed E-state index contributed by atoms with van der Waals surface area (Å²) in [6, 6.07) is 1.03. The first-order chi connectivity index (χ1) is 8.91. The van der Waals surface area contributed by atoms with Crippen molar-refractivity contribution in [2.24, 2.45) is 23.0 Å². The van der Waals surface area contributed by atoms with Gasteiger partial charge in [0.1, 0.15) is 0 Å². The summed E-state index contributed by atoms with van der Waals surface area (Å²) >= 11 is 0. The van der Waals surface area contributed by atoms with Gasteiger partial charge >= 0.3 is 0 Å². The molecule has 19 heavy (non-hydrogen) atoms. The van der Waals surface area contributed by atoms with Crippen LogP contribution in [-0.4, -0.2) is 30.1 Å². The molecule has 2 saturated carbocycles. The molecular weight excluding hydrogens is 232 g/mol. The molecule has 0 spiro atoms. The Morgan fingerprint density at radius 3 is 2.26 bits per heavy atom. The molecular formula is C17H34N2. The molecule has 0 saturated heterocycles. The van der Waals surface area contributed by atoms with Gasteiger partial charge in [-0.2, -0.15) is 0 Å². The predicted molar refractivity (Wildman–Crippen MR) is 83.1 cm³/mol. The van der Waals surface area contributed by atoms with Crippen LogP contribution in [0.15, 0.2) is 0 Å². The van der Waals surface area contributed by atoms with Crippen LogP contribution in [-0.2, 0) is 0 Å². The molecule has 2 fully saturated rings. The van der Waals surface area contributed by atoms with E-state index in [1.807, 2.05) is 0 Å². The van der Waals surface area contributed by atoms with Crippen molar-refractivity contribution in [1.82, 2.24) is 4.90 Å². The second kappa shape index (κ2) is 6.13. The van der Waals surface area contributed by atoms with Gasteiger partial charge in [-0.3, -0.25) is 4.90 Å². The van der Waals surface area contributed by atoms with E-state index in [9.17, 15) is 0 Å². The fourth-order valence-corrected chi connectivity index (χ4v) is 3.88. The number of likely N-dealkylation sites (N-methyl/N-ethyl adjacent to an activating group) is 1. The van der Waals surface area contributed by atoms with E-state index in [4.69, 9.17) is 5.73 Å². The van der Waals surface area contributed by atoms with Crippen molar-refractivity contribution in [3.8, 4) is 0 Å². The third-order valence-corrected chi connectivity index (χ3v) is 5.69. The zero-order valence-electron chi connectivity index (χ0n) is 13.5. The largest absolute Gasteiger partial charge is 0.326 e. The molecule has 0 amide bonds. The second-order valence-electron chi connectivity index (χ2n) is 7.99. The van der Waals surface area contributed by atoms with Crippen molar-refractivity contribution in [2.75, 3.05) is 13.1 Å². The third kappa shape index (κ3) is 3.72. The third-order valence-electron chi connectivity index (χ3n) is 5.69. The van der Waals surface area contributed by atoms with Gasteiger partial charge < -0.3 is 5.73 Å². The Bertz CT molecular complexity index is 277. The Balaban J connectivity index is 1.97. The lowest BCUT2D eigenvalue weighted by atomic mass is 9.69. The van der Waals surface area contributed by atoms with Gasteiger partial charge in [0, 0.05) is 18.6 Å². The summed E-state index contributed by atoms with van der Waals surface area (Å²) in [5, 5.41) is 0. The van der Waals surface area contributed by atoms with Gasteiger partial charge in [0.15, 0.2) is 0 Å². The smallest absolute Gasteiger partial charge is 0.0250 e. The van der Waals surface area contributed by atoms with E-state index < -0.39 is 0 Å². The number of nitrogens with two attached hydrogens (primary N) is 1. The van der Waals surface area contributed by atoms with E-state index in [1.54, 1.807) is 0 Å². The van der Waals surface area contributed by atoms with Gasteiger partial charge in [-0.15, -0.1) is 0 Å². The van der Waals surface area contributed by atoms with Gasteiger partial charge in [0.05, 0.1) is 0 Å². The van der Waals surface area contributed by atoms with Crippen LogP contribution >= 0.6 is 0 Å². The molecule has 0 aliphatic heterocycles. The maximum atomic E-state index is 6.45. The molecule has 2 N–H and O–H groups in total. The summed E-state index contributed by atoms with van der Waals surface area (Å²) in [7, 11) is 0. The molecule has 3 unspecified atom stereocenters. The van der Waals surface area contributed by atoms with Crippen LogP contribution in [0.1, 0.15) is 66.2 Å². The summed E-state index contributed by atoms with van der Waals surface area (Å²) in [5.74, 6) is 1.80. The van der Waals surface area contributed by atoms with Crippen molar-refractivity contribution in [3.63, 3.8) is 0 Å². The summed E-state index contributed by atoms with van der Waals surface area (Å²) in [4.78, 5) is 2.70. The zero-order chi connectivity index (χ0) is 14.0. The standard InChI is InChI=1S/C17H34N2/c1-5-19(12-13-7-6-8-13)16-11-14(17(2,3)4)9-10-15(16)18/h13-16H,5-12,18H2,1-4H3. The van der Waals surface area contributed by atoms with Gasteiger partial charge in [0.25, 0.3) is 0 Å². The minimum Gasteiger partial charge on any atom is -0.326 e. The molecule has 2 nitrogen and oxygen atoms in total. The van der Waals surface area contributed by atoms with E-state index >= 15 is 0 Å². The highest BCUT2D eigenvalue weighted by Crippen LogP contribution is 2.39. The quantitative estimate of drug-likeness (QED) is 0.841. The maximum Gasteiger partial charge on any atom is 0.0250 e. The highest BCUT2D eigenvalue weighted by atomic mass is 15.2. The summed E-state index contributed by atoms with van der Waals surface area (Å²) in [6.45, 7) is 12.0. The van der Waals surface area contributed by atoms with E-state index in [0.717, 1.165) is 11.8 Å². The van der Waals surface area contributed by atoms with Gasteiger partial charge in [-0.1, -0.05) is 34.1 Å². The molecule has 0 heterocycles. The molecule has 2 rings (SSSR count). The monoisotopic (exact) mass is 266 g/mol. The van der Waals surface area contributed by atoms with E-state index in [0.29, 0.717) is 17.5 Å². The second-order valence-corrected chi connectivity index (χ2v) is 7.99. The maximum absolute atomic E-state index is 6.45. The van der Waals surface area contributed by atoms with Gasteiger partial charge in [0.2, 0.25) is 0 Å². The molecule has 0 aromatic heterocycles. The van der Waals surface area contributed by atoms with E-state index in [2.05, 4.69) is 32.6 Å². The van der Waals surface area contributed by atoms with Crippen LogP contribution in [0.3, 0.4) is 0 Å². The van der Waals surface area contributed by atoms with Crippen molar-refractivity contribution in [2.45, 2.75) is 78.3 Å². The fraction of sp³-hybridized carbons (Fsp3) is 1.00. The van der Waals surface area contributed by atoms with Crippen LogP contribution in [0.5, 0.6) is 0 Å². The van der Waals surface area contributed by atoms with Crippen molar-refractivity contribution >= 4 is 0 Å². The lowest BCUT2D eigenvalue weighted by molar-refractivity contribution is 0.0530. The first kappa shape index (κ1) is 15.3. The first-order valence-electron chi connectivity index (χ1n) is 8.41. The lowest BCUT2D eigenvalue weighted by Gasteiger charge is -2.46. The number of hydrogen-bond acceptors (Lipinski definition) is 2. The summed E-state index contributed by atoms with van der Waals surface area (Å²) in [6.07, 6.45) is 8.19. The van der Waals surface area contributed by atoms with Crippen molar-refractivity contribution in [1.29, 1.82) is 0 Å². The molecule has 0 aromatic rings. The van der Waals surface area contributed by atoms with E-state index in [-0.39, 0.29) is 0 Å². The Morgan fingerprint density at radius 2 is 1.79 bits per heavy atom. The highest BCUT2D eigenvalue weighted by Gasteiger charge is 2.37. The molecule has 3 atom stereocenters. The zero-order valence-corrected chi connectivity index (χ0v) is 13.5. The number of hydrogen-bond donors (Lipinski definition) is 1. The number of rotatable bonds is 4. The summed E-state index contributed by atoms with van der Waals surface area (Å²) in [5.41, 5.74) is 6.89. The van der Waals surface area contributed by atoms with Crippen LogP contribution in [0.4, 0.5) is 0 Å². The lowest BCUT2D eigenvalue weighted by Crippen LogP contribution is -2.54. The average molecular weight is 266 g/mol. The Labute approximate surface area is 120 Å². The Kier molecular flexibility index (Phi) is 4.94. The minimum absolute atomic E-state index is 0.402. The highest BCUT2D eigenvalue weighted by molar-refractivity contribution is 4.93. The molecule has 0 radical (unpaired) electrons. The SMILES string of the molecule is CCN(CC1CCC1)C1CC(C(C)(C)C)CCC1N. The molecule has 0 aromatic carbocycles. The summed E-state index contributed by atoms with van der Waals surface area (Å²) < 4.78 is 0. The van der Waals surface area contributed by atoms with Gasteiger partial charge in [-0.05, 0) is 55.9 Å². The minimum atomic E-state index is 0.402. The van der Waals surface area contributed by atoms with Gasteiger partial charge in [-0.25, -0.2) is 0 Å². The molecule has 112 valence electrons. The first-order valence-corrected chi connectivity index (χ1v) is 8.41. The van der Waals surface area contributed by atoms with Crippen LogP contribution in [0.2, 0.25) is 0 Å². The van der Waals surface area contributed by atoms with Crippen molar-refractivity contribution in [3.05, 3.63) is 0 Å². The topological polar surface area (TPSA) is 29.3 Å². The number of nitrogens with zero attached hydrogens (tertiary/aromatic N) is 1. The van der Waals surface area contributed by atoms with Crippen molar-refractivity contribution < 1.29 is 0 Å². The molecule has 2 aliphatic carbocycles. The molecule has 2 aliphatic rings. The van der Waals surface area contributed by atoms with Crippen LogP contribution in [0.25, 0.3) is 0 Å². The van der Waals surface area contributed by atoms with E-state index in [1.165, 1.54) is 51.6 Å². The Hall–Kier alpha value is -0.0800. The predicted octanol–water partition coefficient (Wildman–Crippen LogP) is 3.65. The van der Waals surface area contributed by atoms with Crippen LogP contribution < -0.4 is 5.73 Å². The molecule has 0 bridgehead atoms. The fourth-order valence-electron chi connectivity index (χ4n) is 3.88. The normalized spacial score (nSPS) is 33.5. The molecule has 2 heteroatoms. The van der Waals surface area contributed by atoms with Crippen LogP contribution in [0, 0.1) is 17.3 Å².